The van der Waals surface area contributed by atoms with Gasteiger partial charge in [-0.3, -0.25) is 4.79 Å². The number of rotatable bonds is 6. The Kier molecular flexibility index (Phi) is 4.87. The Hall–Kier alpha value is -1.59. The lowest BCUT2D eigenvalue weighted by Gasteiger charge is -2.20. The number of benzene rings is 1. The molecule has 4 nitrogen and oxygen atoms in total. The van der Waals surface area contributed by atoms with Gasteiger partial charge in [-0.15, -0.1) is 0 Å². The van der Waals surface area contributed by atoms with Crippen LogP contribution in [-0.4, -0.2) is 25.0 Å². The Morgan fingerprint density at radius 2 is 2.00 bits per heavy atom. The monoisotopic (exact) mass is 377 g/mol. The molecule has 23 heavy (non-hydrogen) atoms. The fourth-order valence-electron chi connectivity index (χ4n) is 2.45. The van der Waals surface area contributed by atoms with E-state index in [1.807, 2.05) is 50.4 Å². The van der Waals surface area contributed by atoms with Crippen LogP contribution in [0, 0.1) is 0 Å². The van der Waals surface area contributed by atoms with Gasteiger partial charge in [-0.1, -0.05) is 28.1 Å². The summed E-state index contributed by atoms with van der Waals surface area (Å²) in [5.74, 6) is 1.88. The van der Waals surface area contributed by atoms with E-state index in [9.17, 15) is 4.79 Å². The van der Waals surface area contributed by atoms with Crippen LogP contribution in [0.25, 0.3) is 11.3 Å². The fraction of sp³-hybridized carbons (Fsp3) is 0.389. The van der Waals surface area contributed by atoms with E-state index in [4.69, 9.17) is 4.42 Å². The number of carbonyl (C=O) groups excluding carboxylic acids is 1. The van der Waals surface area contributed by atoms with E-state index in [-0.39, 0.29) is 11.9 Å². The first kappa shape index (κ1) is 16.3. The minimum absolute atomic E-state index is 0.0863. The maximum absolute atomic E-state index is 12.1. The summed E-state index contributed by atoms with van der Waals surface area (Å²) in [5, 5.41) is 3.06. The molecule has 1 aromatic carbocycles. The zero-order valence-electron chi connectivity index (χ0n) is 13.4. The van der Waals surface area contributed by atoms with Crippen molar-refractivity contribution in [2.45, 2.75) is 38.4 Å². The van der Waals surface area contributed by atoms with E-state index < -0.39 is 0 Å². The second-order valence-corrected chi connectivity index (χ2v) is 7.22. The quantitative estimate of drug-likeness (QED) is 0.811. The summed E-state index contributed by atoms with van der Waals surface area (Å²) in [6.45, 7) is 2.65. The Morgan fingerprint density at radius 1 is 1.30 bits per heavy atom. The highest BCUT2D eigenvalue weighted by molar-refractivity contribution is 9.10. The van der Waals surface area contributed by atoms with Crippen molar-refractivity contribution in [3.05, 3.63) is 46.6 Å². The molecule has 1 aliphatic carbocycles. The number of hydrogen-bond acceptors (Lipinski definition) is 2. The summed E-state index contributed by atoms with van der Waals surface area (Å²) < 4.78 is 6.98. The molecule has 0 aliphatic heterocycles. The molecule has 0 spiro atoms. The second kappa shape index (κ2) is 6.89. The number of nitrogens with one attached hydrogen (secondary N) is 2. The molecule has 1 fully saturated rings. The van der Waals surface area contributed by atoms with Crippen LogP contribution in [0.2, 0.25) is 0 Å². The van der Waals surface area contributed by atoms with Crippen LogP contribution < -0.4 is 10.2 Å². The van der Waals surface area contributed by atoms with Gasteiger partial charge >= 0.3 is 0 Å². The van der Waals surface area contributed by atoms with Crippen molar-refractivity contribution >= 4 is 21.8 Å². The van der Waals surface area contributed by atoms with Crippen molar-refractivity contribution in [3.63, 3.8) is 0 Å². The first-order valence-electron chi connectivity index (χ1n) is 8.00. The molecule has 0 saturated heterocycles. The van der Waals surface area contributed by atoms with E-state index in [0.717, 1.165) is 39.3 Å². The lowest BCUT2D eigenvalue weighted by molar-refractivity contribution is -0.909. The topological polar surface area (TPSA) is 46.7 Å². The van der Waals surface area contributed by atoms with Crippen LogP contribution in [0.3, 0.4) is 0 Å². The van der Waals surface area contributed by atoms with Gasteiger partial charge in [0, 0.05) is 16.1 Å². The van der Waals surface area contributed by atoms with Crippen LogP contribution in [0.1, 0.15) is 25.5 Å². The molecule has 5 heteroatoms. The molecule has 1 unspecified atom stereocenters. The average Bonchev–Trinajstić information content (AvgIpc) is 3.23. The molecule has 2 aromatic rings. The molecule has 1 aromatic heterocycles. The second-order valence-electron chi connectivity index (χ2n) is 6.30. The summed E-state index contributed by atoms with van der Waals surface area (Å²) >= 11 is 3.43. The highest BCUT2D eigenvalue weighted by Gasteiger charge is 2.29. The molecule has 1 saturated carbocycles. The highest BCUT2D eigenvalue weighted by Crippen LogP contribution is 2.23. The Balaban J connectivity index is 1.61. The molecule has 1 heterocycles. The Morgan fingerprint density at radius 3 is 2.65 bits per heavy atom. The lowest BCUT2D eigenvalue weighted by atomic mass is 10.2. The van der Waals surface area contributed by atoms with E-state index in [1.165, 1.54) is 0 Å². The van der Waals surface area contributed by atoms with Gasteiger partial charge in [-0.2, -0.15) is 0 Å². The number of amides is 1. The number of hydrogen-bond donors (Lipinski definition) is 2. The maximum Gasteiger partial charge on any atom is 0.278 e. The van der Waals surface area contributed by atoms with Crippen molar-refractivity contribution in [1.29, 1.82) is 0 Å². The van der Waals surface area contributed by atoms with Crippen LogP contribution in [0.4, 0.5) is 0 Å². The highest BCUT2D eigenvalue weighted by atomic mass is 79.9. The van der Waals surface area contributed by atoms with Crippen LogP contribution in [0.15, 0.2) is 45.3 Å². The Labute approximate surface area is 145 Å². The molecule has 1 aliphatic rings. The zero-order chi connectivity index (χ0) is 16.4. The fourth-order valence-corrected chi connectivity index (χ4v) is 2.71. The number of halogens is 1. The third-order valence-electron chi connectivity index (χ3n) is 4.30. The van der Waals surface area contributed by atoms with Crippen LogP contribution in [0.5, 0.6) is 0 Å². The smallest absolute Gasteiger partial charge is 0.278 e. The van der Waals surface area contributed by atoms with E-state index in [0.29, 0.717) is 12.6 Å². The summed E-state index contributed by atoms with van der Waals surface area (Å²) in [4.78, 5) is 13.2. The van der Waals surface area contributed by atoms with Crippen LogP contribution >= 0.6 is 15.9 Å². The van der Waals surface area contributed by atoms with Gasteiger partial charge in [0.05, 0.1) is 7.05 Å². The predicted molar refractivity (Wildman–Crippen MR) is 93.1 cm³/mol. The number of furan rings is 1. The molecule has 3 rings (SSSR count). The lowest BCUT2D eigenvalue weighted by Crippen LogP contribution is -3.12. The van der Waals surface area contributed by atoms with Gasteiger partial charge in [-0.25, -0.2) is 0 Å². The minimum Gasteiger partial charge on any atom is -0.455 e. The summed E-state index contributed by atoms with van der Waals surface area (Å²) in [7, 11) is 2.03. The number of carbonyl (C=O) groups is 1. The first-order valence-corrected chi connectivity index (χ1v) is 8.79. The van der Waals surface area contributed by atoms with Crippen molar-refractivity contribution in [1.82, 2.24) is 5.32 Å². The summed E-state index contributed by atoms with van der Waals surface area (Å²) in [6.07, 6.45) is 2.23. The van der Waals surface area contributed by atoms with E-state index >= 15 is 0 Å². The number of likely N-dealkylation sites (N-methyl/N-ethyl adjacent to an activating group) is 1. The molecular formula is C18H22BrN2O2+. The first-order chi connectivity index (χ1) is 11.0. The third kappa shape index (κ3) is 4.24. The molecule has 0 radical (unpaired) electrons. The molecule has 2 atom stereocenters. The molecular weight excluding hydrogens is 356 g/mol. The predicted octanol–water partition coefficient (Wildman–Crippen LogP) is 2.39. The molecule has 0 bridgehead atoms. The average molecular weight is 378 g/mol. The molecule has 2 N–H and O–H groups in total. The Bertz CT molecular complexity index is 677. The summed E-state index contributed by atoms with van der Waals surface area (Å²) in [6, 6.07) is 12.3. The largest absolute Gasteiger partial charge is 0.455 e. The normalized spacial score (nSPS) is 16.8. The molecule has 122 valence electrons. The third-order valence-corrected chi connectivity index (χ3v) is 4.83. The van der Waals surface area contributed by atoms with Crippen molar-refractivity contribution in [2.75, 3.05) is 7.05 Å². The minimum atomic E-state index is -0.0863. The van der Waals surface area contributed by atoms with Gasteiger partial charge in [0.25, 0.3) is 5.91 Å². The number of quaternary nitrogens is 1. The van der Waals surface area contributed by atoms with E-state index in [2.05, 4.69) is 21.2 Å². The SMILES string of the molecule is C[C@@H](C(=O)NC1CC1)[NH+](C)Cc1ccc(-c2ccc(Br)cc2)o1. The van der Waals surface area contributed by atoms with Crippen molar-refractivity contribution in [2.24, 2.45) is 0 Å². The van der Waals surface area contributed by atoms with Gasteiger partial charge in [-0.05, 0) is 44.0 Å². The van der Waals surface area contributed by atoms with Gasteiger partial charge < -0.3 is 14.6 Å². The van der Waals surface area contributed by atoms with Crippen molar-refractivity contribution < 1.29 is 14.1 Å². The molecule has 1 amide bonds. The van der Waals surface area contributed by atoms with Gasteiger partial charge in [0.2, 0.25) is 0 Å². The summed E-state index contributed by atoms with van der Waals surface area (Å²) in [5.41, 5.74) is 1.05. The van der Waals surface area contributed by atoms with Crippen LogP contribution in [-0.2, 0) is 11.3 Å². The van der Waals surface area contributed by atoms with Gasteiger partial charge in [0.15, 0.2) is 11.8 Å². The van der Waals surface area contributed by atoms with Crippen molar-refractivity contribution in [3.8, 4) is 11.3 Å². The van der Waals surface area contributed by atoms with E-state index in [1.54, 1.807) is 0 Å². The standard InChI is InChI=1S/C18H21BrN2O2/c1-12(18(22)20-15-7-8-15)21(2)11-16-9-10-17(23-16)13-3-5-14(19)6-4-13/h3-6,9-10,12,15H,7-8,11H2,1-2H3,(H,20,22)/p+1/t12-/m0/s1. The maximum atomic E-state index is 12.1. The van der Waals surface area contributed by atoms with Gasteiger partial charge in [0.1, 0.15) is 12.3 Å². The zero-order valence-corrected chi connectivity index (χ0v) is 15.0.